The van der Waals surface area contributed by atoms with Crippen LogP contribution in [0.3, 0.4) is 0 Å². The quantitative estimate of drug-likeness (QED) is 0.479. The molecule has 0 saturated carbocycles. The molecule has 3 rings (SSSR count). The molecule has 0 saturated heterocycles. The van der Waals surface area contributed by atoms with Gasteiger partial charge in [0, 0.05) is 23.0 Å². The number of benzene rings is 2. The summed E-state index contributed by atoms with van der Waals surface area (Å²) in [5.41, 5.74) is 2.09. The van der Waals surface area contributed by atoms with Crippen molar-refractivity contribution in [2.75, 3.05) is 18.9 Å². The Bertz CT molecular complexity index is 860. The van der Waals surface area contributed by atoms with Crippen molar-refractivity contribution >= 4 is 28.6 Å². The first kappa shape index (κ1) is 18.3. The molecule has 1 heterocycles. The van der Waals surface area contributed by atoms with Crippen molar-refractivity contribution in [3.05, 3.63) is 66.4 Å². The van der Waals surface area contributed by atoms with Gasteiger partial charge in [-0.1, -0.05) is 35.9 Å². The Morgan fingerprint density at radius 3 is 2.77 bits per heavy atom. The van der Waals surface area contributed by atoms with Gasteiger partial charge >= 0.3 is 0 Å². The number of para-hydroxylation sites is 1. The van der Waals surface area contributed by atoms with Crippen molar-refractivity contribution in [1.29, 1.82) is 0 Å². The molecule has 3 aromatic rings. The van der Waals surface area contributed by atoms with Crippen LogP contribution in [0.5, 0.6) is 5.75 Å². The summed E-state index contributed by atoms with van der Waals surface area (Å²) in [5, 5.41) is 3.99. The Morgan fingerprint density at radius 1 is 1.12 bits per heavy atom. The lowest BCUT2D eigenvalue weighted by Crippen LogP contribution is -2.27. The molecule has 0 bridgehead atoms. The number of pyridine rings is 1. The average molecular weight is 366 g/mol. The van der Waals surface area contributed by atoms with E-state index in [-0.39, 0.29) is 5.91 Å². The molecule has 1 amide bonds. The molecular weight excluding hydrogens is 344 g/mol. The van der Waals surface area contributed by atoms with E-state index in [2.05, 4.69) is 29.4 Å². The van der Waals surface area contributed by atoms with Crippen LogP contribution in [-0.4, -0.2) is 29.8 Å². The third kappa shape index (κ3) is 5.23. The van der Waals surface area contributed by atoms with Gasteiger partial charge in [-0.25, -0.2) is 0 Å². The number of nitrogens with one attached hydrogen (secondary N) is 1. The van der Waals surface area contributed by atoms with E-state index in [9.17, 15) is 4.79 Å². The molecule has 0 aliphatic rings. The Labute approximate surface area is 158 Å². The average Bonchev–Trinajstić information content (AvgIpc) is 2.67. The molecule has 0 atom stereocenters. The number of carbonyl (C=O) groups is 1. The van der Waals surface area contributed by atoms with E-state index in [1.165, 1.54) is 5.56 Å². The van der Waals surface area contributed by atoms with Crippen LogP contribution >= 0.6 is 11.8 Å². The number of carbonyl (C=O) groups excluding carboxylic acids is 1. The second-order valence-electron chi connectivity index (χ2n) is 5.98. The van der Waals surface area contributed by atoms with Crippen LogP contribution in [0.15, 0.2) is 65.7 Å². The number of ether oxygens (including phenoxy) is 1. The van der Waals surface area contributed by atoms with Crippen LogP contribution in [0.25, 0.3) is 10.9 Å². The predicted octanol–water partition coefficient (Wildman–Crippen LogP) is 4.22. The maximum Gasteiger partial charge on any atom is 0.230 e. The van der Waals surface area contributed by atoms with Crippen LogP contribution in [0.2, 0.25) is 0 Å². The van der Waals surface area contributed by atoms with Gasteiger partial charge in [0.2, 0.25) is 5.91 Å². The molecule has 26 heavy (non-hydrogen) atoms. The van der Waals surface area contributed by atoms with Crippen molar-refractivity contribution < 1.29 is 9.53 Å². The summed E-state index contributed by atoms with van der Waals surface area (Å²) in [4.78, 5) is 17.4. The number of fused-ring (bicyclic) bond motifs is 1. The van der Waals surface area contributed by atoms with Crippen molar-refractivity contribution in [1.82, 2.24) is 10.3 Å². The second kappa shape index (κ2) is 9.25. The summed E-state index contributed by atoms with van der Waals surface area (Å²) in [7, 11) is 0. The van der Waals surface area contributed by atoms with Crippen molar-refractivity contribution in [3.63, 3.8) is 0 Å². The fourth-order valence-electron chi connectivity index (χ4n) is 2.51. The molecule has 1 N–H and O–H groups in total. The molecule has 0 radical (unpaired) electrons. The topological polar surface area (TPSA) is 51.2 Å². The molecular formula is C21H22N2O2S. The van der Waals surface area contributed by atoms with Gasteiger partial charge in [0.15, 0.2) is 0 Å². The monoisotopic (exact) mass is 366 g/mol. The van der Waals surface area contributed by atoms with Gasteiger partial charge in [-0.15, -0.1) is 11.8 Å². The highest BCUT2D eigenvalue weighted by molar-refractivity contribution is 8.00. The summed E-state index contributed by atoms with van der Waals surface area (Å²) in [6.45, 7) is 3.20. The molecule has 0 unspecified atom stereocenters. The number of hydrogen-bond acceptors (Lipinski definition) is 4. The molecule has 1 aromatic heterocycles. The molecule has 2 aromatic carbocycles. The van der Waals surface area contributed by atoms with E-state index in [1.54, 1.807) is 18.0 Å². The smallest absolute Gasteiger partial charge is 0.230 e. The minimum Gasteiger partial charge on any atom is -0.491 e. The number of thioether (sulfide) groups is 1. The minimum atomic E-state index is 0.0439. The van der Waals surface area contributed by atoms with Gasteiger partial charge in [0.1, 0.15) is 11.3 Å². The van der Waals surface area contributed by atoms with Gasteiger partial charge in [0.05, 0.1) is 12.4 Å². The Balaban J connectivity index is 1.36. The summed E-state index contributed by atoms with van der Waals surface area (Å²) in [6, 6.07) is 18.0. The molecule has 0 fully saturated rings. The summed E-state index contributed by atoms with van der Waals surface area (Å²) in [5.74, 6) is 1.25. The summed E-state index contributed by atoms with van der Waals surface area (Å²) < 4.78 is 5.82. The van der Waals surface area contributed by atoms with E-state index in [0.717, 1.165) is 28.0 Å². The number of rotatable bonds is 8. The number of nitrogens with zero attached hydrogens (tertiary/aromatic N) is 1. The van der Waals surface area contributed by atoms with E-state index in [0.29, 0.717) is 18.9 Å². The lowest BCUT2D eigenvalue weighted by Gasteiger charge is -2.09. The maximum atomic E-state index is 11.9. The van der Waals surface area contributed by atoms with E-state index >= 15 is 0 Å². The molecule has 0 spiro atoms. The lowest BCUT2D eigenvalue weighted by atomic mass is 10.2. The standard InChI is InChI=1S/C21H22N2O2S/c1-16-8-10-18(11-9-16)26-15-20(24)22-13-4-14-25-19-7-2-5-17-6-3-12-23-21(17)19/h2-3,5-12H,4,13-15H2,1H3,(H,22,24). The van der Waals surface area contributed by atoms with E-state index < -0.39 is 0 Å². The van der Waals surface area contributed by atoms with Crippen LogP contribution in [0.4, 0.5) is 0 Å². The Kier molecular flexibility index (Phi) is 6.50. The number of aromatic nitrogens is 1. The largest absolute Gasteiger partial charge is 0.491 e. The molecule has 0 aliphatic heterocycles. The first-order valence-corrected chi connectivity index (χ1v) is 9.63. The van der Waals surface area contributed by atoms with E-state index in [1.807, 2.05) is 42.5 Å². The van der Waals surface area contributed by atoms with Gasteiger partial charge in [-0.3, -0.25) is 9.78 Å². The minimum absolute atomic E-state index is 0.0439. The van der Waals surface area contributed by atoms with Crippen LogP contribution in [0.1, 0.15) is 12.0 Å². The number of hydrogen-bond donors (Lipinski definition) is 1. The highest BCUT2D eigenvalue weighted by Crippen LogP contribution is 2.23. The van der Waals surface area contributed by atoms with Gasteiger partial charge in [-0.05, 0) is 37.6 Å². The second-order valence-corrected chi connectivity index (χ2v) is 7.03. The molecule has 134 valence electrons. The zero-order chi connectivity index (χ0) is 18.2. The molecule has 0 aliphatic carbocycles. The lowest BCUT2D eigenvalue weighted by molar-refractivity contribution is -0.118. The molecule has 5 heteroatoms. The van der Waals surface area contributed by atoms with Crippen LogP contribution in [0, 0.1) is 6.92 Å². The first-order valence-electron chi connectivity index (χ1n) is 8.65. The summed E-state index contributed by atoms with van der Waals surface area (Å²) >= 11 is 1.55. The summed E-state index contributed by atoms with van der Waals surface area (Å²) in [6.07, 6.45) is 2.52. The molecule has 4 nitrogen and oxygen atoms in total. The van der Waals surface area contributed by atoms with Gasteiger partial charge in [0.25, 0.3) is 0 Å². The van der Waals surface area contributed by atoms with Gasteiger partial charge in [-0.2, -0.15) is 0 Å². The Hall–Kier alpha value is -2.53. The van der Waals surface area contributed by atoms with E-state index in [4.69, 9.17) is 4.74 Å². The zero-order valence-corrected chi connectivity index (χ0v) is 15.6. The zero-order valence-electron chi connectivity index (χ0n) is 14.8. The van der Waals surface area contributed by atoms with Crippen LogP contribution in [-0.2, 0) is 4.79 Å². The normalized spacial score (nSPS) is 10.7. The number of aryl methyl sites for hydroxylation is 1. The van der Waals surface area contributed by atoms with Crippen LogP contribution < -0.4 is 10.1 Å². The Morgan fingerprint density at radius 2 is 1.92 bits per heavy atom. The fraction of sp³-hybridized carbons (Fsp3) is 0.238. The highest BCUT2D eigenvalue weighted by Gasteiger charge is 2.04. The highest BCUT2D eigenvalue weighted by atomic mass is 32.2. The SMILES string of the molecule is Cc1ccc(SCC(=O)NCCCOc2cccc3cccnc23)cc1. The third-order valence-corrected chi connectivity index (χ3v) is 4.90. The van der Waals surface area contributed by atoms with Crippen molar-refractivity contribution in [2.45, 2.75) is 18.2 Å². The van der Waals surface area contributed by atoms with Gasteiger partial charge < -0.3 is 10.1 Å². The van der Waals surface area contributed by atoms with Crippen molar-refractivity contribution in [2.24, 2.45) is 0 Å². The van der Waals surface area contributed by atoms with Crippen molar-refractivity contribution in [3.8, 4) is 5.75 Å². The fourth-order valence-corrected chi connectivity index (χ4v) is 3.24. The first-order chi connectivity index (χ1) is 12.7. The maximum absolute atomic E-state index is 11.9. The number of amides is 1. The third-order valence-electron chi connectivity index (χ3n) is 3.89. The predicted molar refractivity (Wildman–Crippen MR) is 107 cm³/mol.